The molecule has 1 aromatic rings. The Morgan fingerprint density at radius 3 is 2.53 bits per heavy atom. The lowest BCUT2D eigenvalue weighted by Gasteiger charge is -2.31. The zero-order valence-electron chi connectivity index (χ0n) is 10.3. The summed E-state index contributed by atoms with van der Waals surface area (Å²) in [5.74, 6) is -1.16. The van der Waals surface area contributed by atoms with Gasteiger partial charge in [0.15, 0.2) is 0 Å². The van der Waals surface area contributed by atoms with Crippen LogP contribution in [0, 0.1) is 6.92 Å². The van der Waals surface area contributed by atoms with Crippen LogP contribution in [0.4, 0.5) is 0 Å². The normalized spacial score (nSPS) is 22.8. The highest BCUT2D eigenvalue weighted by molar-refractivity contribution is 7.89. The molecular formula is C12H15NO5S. The minimum absolute atomic E-state index is 0.0310. The standard InChI is InChI=1S/C12H15NO5S/c1-7-2-3-10(6-11(7)12(15)16)19(17,18)13-8-4-9(14)5-8/h2-3,6,8-9,13-14H,4-5H2,1H3,(H,15,16). The zero-order chi connectivity index (χ0) is 14.2. The predicted molar refractivity (Wildman–Crippen MR) is 67.5 cm³/mol. The first-order valence-corrected chi connectivity index (χ1v) is 7.32. The number of aromatic carboxylic acids is 1. The van der Waals surface area contributed by atoms with Crippen molar-refractivity contribution in [2.24, 2.45) is 0 Å². The van der Waals surface area contributed by atoms with Gasteiger partial charge in [-0.1, -0.05) is 6.07 Å². The lowest BCUT2D eigenvalue weighted by molar-refractivity contribution is 0.0694. The van der Waals surface area contributed by atoms with Gasteiger partial charge in [0.25, 0.3) is 0 Å². The van der Waals surface area contributed by atoms with Gasteiger partial charge in [-0.3, -0.25) is 0 Å². The van der Waals surface area contributed by atoms with Crippen LogP contribution < -0.4 is 4.72 Å². The Kier molecular flexibility index (Phi) is 3.62. The number of aliphatic hydroxyl groups is 1. The van der Waals surface area contributed by atoms with E-state index in [9.17, 15) is 13.2 Å². The molecule has 0 aromatic heterocycles. The Hall–Kier alpha value is -1.44. The SMILES string of the molecule is Cc1ccc(S(=O)(=O)NC2CC(O)C2)cc1C(=O)O. The second-order valence-electron chi connectivity index (χ2n) is 4.73. The first-order chi connectivity index (χ1) is 8.79. The van der Waals surface area contributed by atoms with Gasteiger partial charge in [0.2, 0.25) is 10.0 Å². The molecule has 3 N–H and O–H groups in total. The van der Waals surface area contributed by atoms with Crippen molar-refractivity contribution in [1.82, 2.24) is 4.72 Å². The number of benzene rings is 1. The molecule has 0 heterocycles. The quantitative estimate of drug-likeness (QED) is 0.747. The van der Waals surface area contributed by atoms with Crippen molar-refractivity contribution in [2.45, 2.75) is 36.8 Å². The average Bonchev–Trinajstić information content (AvgIpc) is 2.26. The number of carboxylic acids is 1. The maximum absolute atomic E-state index is 12.0. The van der Waals surface area contributed by atoms with Crippen LogP contribution in [0.2, 0.25) is 0 Å². The Labute approximate surface area is 111 Å². The largest absolute Gasteiger partial charge is 0.478 e. The number of carbonyl (C=O) groups is 1. The van der Waals surface area contributed by atoms with E-state index in [1.807, 2.05) is 0 Å². The molecular weight excluding hydrogens is 270 g/mol. The van der Waals surface area contributed by atoms with E-state index in [4.69, 9.17) is 10.2 Å². The zero-order valence-corrected chi connectivity index (χ0v) is 11.1. The van der Waals surface area contributed by atoms with Crippen LogP contribution in [0.25, 0.3) is 0 Å². The van der Waals surface area contributed by atoms with Crippen molar-refractivity contribution in [3.05, 3.63) is 29.3 Å². The molecule has 0 bridgehead atoms. The van der Waals surface area contributed by atoms with Crippen LogP contribution in [0.15, 0.2) is 23.1 Å². The number of sulfonamides is 1. The third-order valence-corrected chi connectivity index (χ3v) is 4.70. The van der Waals surface area contributed by atoms with Gasteiger partial charge in [-0.25, -0.2) is 17.9 Å². The molecule has 1 aliphatic carbocycles. The summed E-state index contributed by atoms with van der Waals surface area (Å²) in [5, 5.41) is 18.1. The van der Waals surface area contributed by atoms with Crippen LogP contribution in [0.3, 0.4) is 0 Å². The van der Waals surface area contributed by atoms with Crippen molar-refractivity contribution in [3.8, 4) is 0 Å². The minimum Gasteiger partial charge on any atom is -0.478 e. The Bertz CT molecular complexity index is 605. The fraction of sp³-hybridized carbons (Fsp3) is 0.417. The average molecular weight is 285 g/mol. The highest BCUT2D eigenvalue weighted by Crippen LogP contribution is 2.23. The summed E-state index contributed by atoms with van der Waals surface area (Å²) in [7, 11) is -3.74. The lowest BCUT2D eigenvalue weighted by atomic mass is 9.91. The molecule has 0 unspecified atom stereocenters. The topological polar surface area (TPSA) is 104 Å². The molecule has 1 fully saturated rings. The fourth-order valence-electron chi connectivity index (χ4n) is 1.97. The van der Waals surface area contributed by atoms with E-state index in [-0.39, 0.29) is 16.5 Å². The van der Waals surface area contributed by atoms with Crippen LogP contribution in [0.5, 0.6) is 0 Å². The summed E-state index contributed by atoms with van der Waals surface area (Å²) < 4.78 is 26.5. The molecule has 7 heteroatoms. The van der Waals surface area contributed by atoms with Crippen molar-refractivity contribution in [2.75, 3.05) is 0 Å². The third kappa shape index (κ3) is 2.94. The maximum atomic E-state index is 12.0. The van der Waals surface area contributed by atoms with Crippen LogP contribution >= 0.6 is 0 Å². The molecule has 6 nitrogen and oxygen atoms in total. The molecule has 0 saturated heterocycles. The first-order valence-electron chi connectivity index (χ1n) is 5.84. The molecule has 0 aliphatic heterocycles. The molecule has 1 aliphatic rings. The van der Waals surface area contributed by atoms with E-state index in [1.54, 1.807) is 6.92 Å². The molecule has 0 amide bonds. The first kappa shape index (κ1) is 14.0. The number of hydrogen-bond donors (Lipinski definition) is 3. The molecule has 0 atom stereocenters. The van der Waals surface area contributed by atoms with Crippen LogP contribution in [0.1, 0.15) is 28.8 Å². The second-order valence-corrected chi connectivity index (χ2v) is 6.44. The minimum atomic E-state index is -3.74. The van der Waals surface area contributed by atoms with Gasteiger partial charge in [0, 0.05) is 6.04 Å². The molecule has 2 rings (SSSR count). The van der Waals surface area contributed by atoms with Gasteiger partial charge in [0.1, 0.15) is 0 Å². The maximum Gasteiger partial charge on any atom is 0.335 e. The van der Waals surface area contributed by atoms with Crippen molar-refractivity contribution < 1.29 is 23.4 Å². The van der Waals surface area contributed by atoms with Gasteiger partial charge < -0.3 is 10.2 Å². The van der Waals surface area contributed by atoms with Crippen molar-refractivity contribution in [3.63, 3.8) is 0 Å². The molecule has 19 heavy (non-hydrogen) atoms. The van der Waals surface area contributed by atoms with E-state index in [2.05, 4.69) is 4.72 Å². The summed E-state index contributed by atoms with van der Waals surface area (Å²) in [5.41, 5.74) is 0.474. The molecule has 0 radical (unpaired) electrons. The summed E-state index contributed by atoms with van der Waals surface area (Å²) in [6.07, 6.45) is 0.314. The molecule has 1 aromatic carbocycles. The summed E-state index contributed by atoms with van der Waals surface area (Å²) >= 11 is 0. The summed E-state index contributed by atoms with van der Waals surface area (Å²) in [6.45, 7) is 1.61. The van der Waals surface area contributed by atoms with Crippen LogP contribution in [-0.4, -0.2) is 36.7 Å². The predicted octanol–water partition coefficient (Wildman–Crippen LogP) is 0.495. The third-order valence-electron chi connectivity index (χ3n) is 3.18. The van der Waals surface area contributed by atoms with Crippen molar-refractivity contribution >= 4 is 16.0 Å². The number of nitrogens with one attached hydrogen (secondary N) is 1. The molecule has 1 saturated carbocycles. The van der Waals surface area contributed by atoms with Crippen molar-refractivity contribution in [1.29, 1.82) is 0 Å². The van der Waals surface area contributed by atoms with Gasteiger partial charge >= 0.3 is 5.97 Å². The van der Waals surface area contributed by atoms with Gasteiger partial charge in [0.05, 0.1) is 16.6 Å². The van der Waals surface area contributed by atoms with E-state index < -0.39 is 22.1 Å². The Balaban J connectivity index is 2.25. The smallest absolute Gasteiger partial charge is 0.335 e. The van der Waals surface area contributed by atoms with E-state index >= 15 is 0 Å². The fourth-order valence-corrected chi connectivity index (χ4v) is 3.26. The Morgan fingerprint density at radius 1 is 1.37 bits per heavy atom. The number of rotatable bonds is 4. The summed E-state index contributed by atoms with van der Waals surface area (Å²) in [4.78, 5) is 10.9. The van der Waals surface area contributed by atoms with E-state index in [0.717, 1.165) is 6.07 Å². The van der Waals surface area contributed by atoms with Crippen LogP contribution in [-0.2, 0) is 10.0 Å². The monoisotopic (exact) mass is 285 g/mol. The molecule has 104 valence electrons. The van der Waals surface area contributed by atoms with E-state index in [1.165, 1.54) is 12.1 Å². The van der Waals surface area contributed by atoms with Gasteiger partial charge in [-0.15, -0.1) is 0 Å². The highest BCUT2D eigenvalue weighted by atomic mass is 32.2. The second kappa shape index (κ2) is 4.92. The lowest BCUT2D eigenvalue weighted by Crippen LogP contribution is -2.46. The summed E-state index contributed by atoms with van der Waals surface area (Å²) in [6, 6.07) is 3.71. The number of aliphatic hydroxyl groups excluding tert-OH is 1. The number of aryl methyl sites for hydroxylation is 1. The number of hydrogen-bond acceptors (Lipinski definition) is 4. The van der Waals surface area contributed by atoms with Gasteiger partial charge in [-0.05, 0) is 37.5 Å². The molecule has 0 spiro atoms. The highest BCUT2D eigenvalue weighted by Gasteiger charge is 2.31. The number of carboxylic acid groups (broad SMARTS) is 1. The Morgan fingerprint density at radius 2 is 2.00 bits per heavy atom. The van der Waals surface area contributed by atoms with Gasteiger partial charge in [-0.2, -0.15) is 0 Å². The van der Waals surface area contributed by atoms with E-state index in [0.29, 0.717) is 18.4 Å².